The molecule has 0 unspecified atom stereocenters. The van der Waals surface area contributed by atoms with Gasteiger partial charge in [-0.2, -0.15) is 0 Å². The van der Waals surface area contributed by atoms with E-state index in [-0.39, 0.29) is 24.6 Å². The molecule has 142 valence electrons. The molecule has 2 aliphatic rings. The molecule has 2 aromatic rings. The van der Waals surface area contributed by atoms with Crippen LogP contribution in [0.4, 0.5) is 5.13 Å². The van der Waals surface area contributed by atoms with E-state index in [1.165, 1.54) is 11.3 Å². The monoisotopic (exact) mass is 386 g/mol. The first-order valence-corrected chi connectivity index (χ1v) is 10.1. The minimum absolute atomic E-state index is 0.0110. The van der Waals surface area contributed by atoms with Gasteiger partial charge >= 0.3 is 5.97 Å². The van der Waals surface area contributed by atoms with Gasteiger partial charge in [-0.05, 0) is 37.8 Å². The van der Waals surface area contributed by atoms with Crippen molar-refractivity contribution < 1.29 is 19.1 Å². The molecule has 2 heterocycles. The van der Waals surface area contributed by atoms with Crippen LogP contribution in [-0.4, -0.2) is 36.2 Å². The van der Waals surface area contributed by atoms with Crippen LogP contribution in [-0.2, 0) is 19.1 Å². The fourth-order valence-electron chi connectivity index (χ4n) is 3.55. The number of para-hydroxylation sites is 1. The van der Waals surface area contributed by atoms with Crippen molar-refractivity contribution in [2.75, 3.05) is 18.5 Å². The average Bonchev–Trinajstić information content (AvgIpc) is 3.35. The number of carbonyl (C=O) groups excluding carboxylic acids is 2. The predicted octanol–water partition coefficient (Wildman–Crippen LogP) is 3.54. The highest BCUT2D eigenvalue weighted by atomic mass is 32.1. The summed E-state index contributed by atoms with van der Waals surface area (Å²) in [4.78, 5) is 29.8. The van der Waals surface area contributed by atoms with Crippen LogP contribution in [0.3, 0.4) is 0 Å². The highest BCUT2D eigenvalue weighted by Gasteiger charge is 2.36. The number of anilines is 1. The summed E-state index contributed by atoms with van der Waals surface area (Å²) < 4.78 is 12.0. The Hall–Kier alpha value is -2.25. The second kappa shape index (κ2) is 8.19. The first kappa shape index (κ1) is 18.1. The third-order valence-corrected chi connectivity index (χ3v) is 5.98. The van der Waals surface area contributed by atoms with Crippen molar-refractivity contribution in [3.05, 3.63) is 36.4 Å². The molecule has 0 saturated carbocycles. The zero-order valence-corrected chi connectivity index (χ0v) is 15.7. The largest absolute Gasteiger partial charge is 0.463 e. The Morgan fingerprint density at radius 3 is 2.81 bits per heavy atom. The lowest BCUT2D eigenvalue weighted by Crippen LogP contribution is -2.36. The van der Waals surface area contributed by atoms with Gasteiger partial charge in [-0.1, -0.05) is 35.6 Å². The summed E-state index contributed by atoms with van der Waals surface area (Å²) in [5.74, 6) is -1.42. The van der Waals surface area contributed by atoms with E-state index in [9.17, 15) is 9.59 Å². The number of rotatable bonds is 5. The van der Waals surface area contributed by atoms with Crippen LogP contribution >= 0.6 is 11.3 Å². The summed E-state index contributed by atoms with van der Waals surface area (Å²) in [6.07, 6.45) is 6.84. The highest BCUT2D eigenvalue weighted by Crippen LogP contribution is 2.30. The standard InChI is InChI=1S/C20H22N2O4S/c23-18(22-20-21-16-9-3-4-10-17(16)27-20)14-7-1-2-8-15(14)19(24)26-12-13-6-5-11-25-13/h1-4,9-10,13-15H,5-8,11-12H2,(H,21,22,23)/t13-,14-,15-/m0/s1. The van der Waals surface area contributed by atoms with Crippen LogP contribution in [0.25, 0.3) is 10.2 Å². The molecule has 1 fully saturated rings. The molecule has 1 aliphatic heterocycles. The number of carbonyl (C=O) groups is 2. The van der Waals surface area contributed by atoms with E-state index < -0.39 is 11.8 Å². The van der Waals surface area contributed by atoms with Crippen molar-refractivity contribution in [1.29, 1.82) is 0 Å². The van der Waals surface area contributed by atoms with Gasteiger partial charge in [-0.15, -0.1) is 0 Å². The fourth-order valence-corrected chi connectivity index (χ4v) is 4.41. The molecular weight excluding hydrogens is 364 g/mol. The molecular formula is C20H22N2O4S. The molecule has 6 nitrogen and oxygen atoms in total. The van der Waals surface area contributed by atoms with E-state index in [4.69, 9.17) is 9.47 Å². The molecule has 1 amide bonds. The van der Waals surface area contributed by atoms with Crippen molar-refractivity contribution in [1.82, 2.24) is 4.98 Å². The Morgan fingerprint density at radius 1 is 1.22 bits per heavy atom. The fraction of sp³-hybridized carbons (Fsp3) is 0.450. The highest BCUT2D eigenvalue weighted by molar-refractivity contribution is 7.22. The molecule has 27 heavy (non-hydrogen) atoms. The average molecular weight is 386 g/mol. The second-order valence-electron chi connectivity index (χ2n) is 6.90. The van der Waals surface area contributed by atoms with Crippen LogP contribution in [0.15, 0.2) is 36.4 Å². The summed E-state index contributed by atoms with van der Waals surface area (Å²) >= 11 is 1.43. The second-order valence-corrected chi connectivity index (χ2v) is 7.93. The van der Waals surface area contributed by atoms with E-state index in [1.54, 1.807) is 0 Å². The number of hydrogen-bond acceptors (Lipinski definition) is 6. The SMILES string of the molecule is O=C(Nc1nc2ccccc2s1)[C@H]1CC=CC[C@@H]1C(=O)OC[C@@H]1CCCO1. The normalized spacial score (nSPS) is 24.8. The lowest BCUT2D eigenvalue weighted by Gasteiger charge is -2.26. The van der Waals surface area contributed by atoms with Gasteiger partial charge in [-0.3, -0.25) is 9.59 Å². The number of nitrogens with one attached hydrogen (secondary N) is 1. The molecule has 1 saturated heterocycles. The van der Waals surface area contributed by atoms with Gasteiger partial charge in [0.15, 0.2) is 5.13 Å². The molecule has 7 heteroatoms. The van der Waals surface area contributed by atoms with Gasteiger partial charge in [0.1, 0.15) is 6.61 Å². The number of thiazole rings is 1. The number of aromatic nitrogens is 1. The number of amides is 1. The number of fused-ring (bicyclic) bond motifs is 1. The summed E-state index contributed by atoms with van der Waals surface area (Å²) in [5.41, 5.74) is 0.855. The lowest BCUT2D eigenvalue weighted by atomic mass is 9.82. The molecule has 1 aromatic carbocycles. The summed E-state index contributed by atoms with van der Waals surface area (Å²) in [5, 5.41) is 3.44. The molecule has 4 rings (SSSR count). The maximum absolute atomic E-state index is 12.8. The Morgan fingerprint density at radius 2 is 2.04 bits per heavy atom. The van der Waals surface area contributed by atoms with E-state index in [2.05, 4.69) is 10.3 Å². The van der Waals surface area contributed by atoms with Crippen LogP contribution < -0.4 is 5.32 Å². The van der Waals surface area contributed by atoms with E-state index in [0.29, 0.717) is 18.0 Å². The first-order chi connectivity index (χ1) is 13.2. The van der Waals surface area contributed by atoms with Crippen LogP contribution in [0.5, 0.6) is 0 Å². The maximum Gasteiger partial charge on any atom is 0.310 e. The predicted molar refractivity (Wildman–Crippen MR) is 104 cm³/mol. The quantitative estimate of drug-likeness (QED) is 0.628. The third-order valence-electron chi connectivity index (χ3n) is 5.03. The summed E-state index contributed by atoms with van der Waals surface area (Å²) in [6.45, 7) is 0.993. The zero-order chi connectivity index (χ0) is 18.6. The van der Waals surface area contributed by atoms with Crippen LogP contribution in [0.2, 0.25) is 0 Å². The van der Waals surface area contributed by atoms with Crippen molar-refractivity contribution in [3.8, 4) is 0 Å². The van der Waals surface area contributed by atoms with Gasteiger partial charge in [-0.25, -0.2) is 4.98 Å². The zero-order valence-electron chi connectivity index (χ0n) is 14.9. The van der Waals surface area contributed by atoms with Crippen molar-refractivity contribution in [3.63, 3.8) is 0 Å². The summed E-state index contributed by atoms with van der Waals surface area (Å²) in [7, 11) is 0. The molecule has 0 spiro atoms. The van der Waals surface area contributed by atoms with Crippen molar-refractivity contribution in [2.45, 2.75) is 31.8 Å². The minimum atomic E-state index is -0.467. The Balaban J connectivity index is 1.40. The molecule has 0 bridgehead atoms. The Kier molecular flexibility index (Phi) is 5.50. The maximum atomic E-state index is 12.8. The van der Waals surface area contributed by atoms with Gasteiger partial charge in [0, 0.05) is 6.61 Å². The third kappa shape index (κ3) is 4.20. The number of benzene rings is 1. The lowest BCUT2D eigenvalue weighted by molar-refractivity contribution is -0.155. The number of allylic oxidation sites excluding steroid dienone is 2. The number of ether oxygens (including phenoxy) is 2. The number of nitrogens with zero attached hydrogens (tertiary/aromatic N) is 1. The van der Waals surface area contributed by atoms with E-state index >= 15 is 0 Å². The van der Waals surface area contributed by atoms with Crippen LogP contribution in [0.1, 0.15) is 25.7 Å². The summed E-state index contributed by atoms with van der Waals surface area (Å²) in [6, 6.07) is 7.74. The van der Waals surface area contributed by atoms with E-state index in [0.717, 1.165) is 29.7 Å². The Labute approximate surface area is 161 Å². The smallest absolute Gasteiger partial charge is 0.310 e. The Bertz CT molecular complexity index is 824. The molecule has 1 N–H and O–H groups in total. The molecule has 1 aromatic heterocycles. The minimum Gasteiger partial charge on any atom is -0.463 e. The van der Waals surface area contributed by atoms with Gasteiger partial charge in [0.05, 0.1) is 28.2 Å². The molecule has 0 radical (unpaired) electrons. The molecule has 3 atom stereocenters. The van der Waals surface area contributed by atoms with Gasteiger partial charge in [0.25, 0.3) is 0 Å². The van der Waals surface area contributed by atoms with Crippen molar-refractivity contribution >= 4 is 38.6 Å². The van der Waals surface area contributed by atoms with Crippen molar-refractivity contribution in [2.24, 2.45) is 11.8 Å². The number of hydrogen-bond donors (Lipinski definition) is 1. The van der Waals surface area contributed by atoms with Crippen LogP contribution in [0, 0.1) is 11.8 Å². The molecule has 1 aliphatic carbocycles. The van der Waals surface area contributed by atoms with Gasteiger partial charge < -0.3 is 14.8 Å². The number of esters is 1. The van der Waals surface area contributed by atoms with Gasteiger partial charge in [0.2, 0.25) is 5.91 Å². The topological polar surface area (TPSA) is 77.5 Å². The van der Waals surface area contributed by atoms with E-state index in [1.807, 2.05) is 36.4 Å². The first-order valence-electron chi connectivity index (χ1n) is 9.30.